The molecule has 0 spiro atoms. The largest absolute Gasteiger partial charge is 0.481 e. The van der Waals surface area contributed by atoms with Gasteiger partial charge in [-0.05, 0) is 37.1 Å². The van der Waals surface area contributed by atoms with E-state index in [-0.39, 0.29) is 11.8 Å². The van der Waals surface area contributed by atoms with Gasteiger partial charge in [0.15, 0.2) is 0 Å². The Hall–Kier alpha value is -2.37. The lowest BCUT2D eigenvalue weighted by atomic mass is 9.95. The van der Waals surface area contributed by atoms with Crippen molar-refractivity contribution in [1.82, 2.24) is 0 Å². The normalized spacial score (nSPS) is 20.8. The third-order valence-corrected chi connectivity index (χ3v) is 3.64. The van der Waals surface area contributed by atoms with Crippen molar-refractivity contribution in [3.8, 4) is 0 Å². The van der Waals surface area contributed by atoms with Crippen molar-refractivity contribution in [3.63, 3.8) is 0 Å². The van der Waals surface area contributed by atoms with Gasteiger partial charge < -0.3 is 15.7 Å². The molecule has 0 heterocycles. The number of anilines is 2. The molecule has 21 heavy (non-hydrogen) atoms. The smallest absolute Gasteiger partial charge is 0.307 e. The molecule has 2 atom stereocenters. The number of nitrogens with one attached hydrogen (secondary N) is 2. The Morgan fingerprint density at radius 2 is 1.52 bits per heavy atom. The van der Waals surface area contributed by atoms with E-state index in [4.69, 9.17) is 5.11 Å². The molecule has 0 saturated heterocycles. The predicted molar refractivity (Wildman–Crippen MR) is 77.8 cm³/mol. The van der Waals surface area contributed by atoms with E-state index >= 15 is 0 Å². The van der Waals surface area contributed by atoms with Crippen LogP contribution >= 0.6 is 0 Å². The third-order valence-electron chi connectivity index (χ3n) is 3.64. The standard InChI is InChI=1S/C15H18N2O4/c1-9(18)16-10-5-7-11(8-6-10)17-14(19)12-3-2-4-13(12)15(20)21/h5-8,12-13H,2-4H2,1H3,(H,16,18)(H,17,19)(H,20,21)/t12-,13+/m1/s1. The first-order chi connectivity index (χ1) is 9.97. The van der Waals surface area contributed by atoms with Crippen LogP contribution < -0.4 is 10.6 Å². The van der Waals surface area contributed by atoms with Crippen molar-refractivity contribution >= 4 is 29.2 Å². The van der Waals surface area contributed by atoms with Crippen LogP contribution in [0.2, 0.25) is 0 Å². The second-order valence-corrected chi connectivity index (χ2v) is 5.23. The van der Waals surface area contributed by atoms with Crippen molar-refractivity contribution in [2.75, 3.05) is 10.6 Å². The predicted octanol–water partition coefficient (Wildman–Crippen LogP) is 2.08. The molecule has 1 fully saturated rings. The van der Waals surface area contributed by atoms with Gasteiger partial charge >= 0.3 is 5.97 Å². The fraction of sp³-hybridized carbons (Fsp3) is 0.400. The minimum absolute atomic E-state index is 0.165. The van der Waals surface area contributed by atoms with E-state index in [0.29, 0.717) is 24.2 Å². The molecule has 1 aliphatic carbocycles. The highest BCUT2D eigenvalue weighted by atomic mass is 16.4. The summed E-state index contributed by atoms with van der Waals surface area (Å²) in [6.45, 7) is 1.42. The highest BCUT2D eigenvalue weighted by Crippen LogP contribution is 2.32. The first kappa shape index (κ1) is 15.0. The van der Waals surface area contributed by atoms with Gasteiger partial charge in [-0.15, -0.1) is 0 Å². The van der Waals surface area contributed by atoms with Gasteiger partial charge in [0, 0.05) is 18.3 Å². The van der Waals surface area contributed by atoms with Gasteiger partial charge in [0.25, 0.3) is 0 Å². The second kappa shape index (κ2) is 6.39. The van der Waals surface area contributed by atoms with Gasteiger partial charge in [-0.1, -0.05) is 6.42 Å². The molecule has 0 aliphatic heterocycles. The van der Waals surface area contributed by atoms with E-state index in [0.717, 1.165) is 6.42 Å². The SMILES string of the molecule is CC(=O)Nc1ccc(NC(=O)[C@@H]2CCC[C@@H]2C(=O)O)cc1. The molecule has 2 rings (SSSR count). The Morgan fingerprint density at radius 3 is 2.05 bits per heavy atom. The van der Waals surface area contributed by atoms with Crippen molar-refractivity contribution in [3.05, 3.63) is 24.3 Å². The van der Waals surface area contributed by atoms with Gasteiger partial charge in [0.1, 0.15) is 0 Å². The summed E-state index contributed by atoms with van der Waals surface area (Å²) in [7, 11) is 0. The maximum absolute atomic E-state index is 12.1. The maximum Gasteiger partial charge on any atom is 0.307 e. The molecule has 1 aromatic rings. The quantitative estimate of drug-likeness (QED) is 0.791. The van der Waals surface area contributed by atoms with Gasteiger partial charge in [0.2, 0.25) is 11.8 Å². The number of aliphatic carboxylic acids is 1. The van der Waals surface area contributed by atoms with Crippen molar-refractivity contribution in [2.45, 2.75) is 26.2 Å². The van der Waals surface area contributed by atoms with Gasteiger partial charge in [0.05, 0.1) is 11.8 Å². The zero-order chi connectivity index (χ0) is 15.4. The Labute approximate surface area is 122 Å². The molecule has 0 unspecified atom stereocenters. The van der Waals surface area contributed by atoms with Crippen molar-refractivity contribution < 1.29 is 19.5 Å². The molecular formula is C15H18N2O4. The Balaban J connectivity index is 1.99. The number of carboxylic acids is 1. The van der Waals surface area contributed by atoms with E-state index in [9.17, 15) is 14.4 Å². The molecule has 1 aliphatic rings. The lowest BCUT2D eigenvalue weighted by molar-refractivity contribution is -0.145. The monoisotopic (exact) mass is 290 g/mol. The highest BCUT2D eigenvalue weighted by Gasteiger charge is 2.37. The van der Waals surface area contributed by atoms with E-state index in [1.54, 1.807) is 24.3 Å². The van der Waals surface area contributed by atoms with Crippen molar-refractivity contribution in [1.29, 1.82) is 0 Å². The molecule has 0 bridgehead atoms. The lowest BCUT2D eigenvalue weighted by Crippen LogP contribution is -2.29. The molecule has 0 aromatic heterocycles. The molecule has 1 aromatic carbocycles. The molecule has 3 N–H and O–H groups in total. The van der Waals surface area contributed by atoms with E-state index in [1.807, 2.05) is 0 Å². The summed E-state index contributed by atoms with van der Waals surface area (Å²) >= 11 is 0. The minimum Gasteiger partial charge on any atom is -0.481 e. The number of carbonyl (C=O) groups excluding carboxylic acids is 2. The molecule has 0 radical (unpaired) electrons. The summed E-state index contributed by atoms with van der Waals surface area (Å²) in [5.41, 5.74) is 1.23. The fourth-order valence-electron chi connectivity index (χ4n) is 2.64. The number of amides is 2. The van der Waals surface area contributed by atoms with Crippen LogP contribution in [0, 0.1) is 11.8 Å². The average molecular weight is 290 g/mol. The Morgan fingerprint density at radius 1 is 1.00 bits per heavy atom. The minimum atomic E-state index is -0.909. The maximum atomic E-state index is 12.1. The Bertz CT molecular complexity index is 553. The second-order valence-electron chi connectivity index (χ2n) is 5.23. The van der Waals surface area contributed by atoms with Gasteiger partial charge in [-0.3, -0.25) is 14.4 Å². The van der Waals surface area contributed by atoms with Crippen LogP contribution in [0.15, 0.2) is 24.3 Å². The molecule has 1 saturated carbocycles. The van der Waals surface area contributed by atoms with E-state index in [1.165, 1.54) is 6.92 Å². The molecular weight excluding hydrogens is 272 g/mol. The molecule has 6 nitrogen and oxygen atoms in total. The van der Waals surface area contributed by atoms with Crippen LogP contribution in [-0.2, 0) is 14.4 Å². The number of carboxylic acid groups (broad SMARTS) is 1. The van der Waals surface area contributed by atoms with Crippen LogP contribution in [0.3, 0.4) is 0 Å². The topological polar surface area (TPSA) is 95.5 Å². The molecule has 6 heteroatoms. The van der Waals surface area contributed by atoms with E-state index in [2.05, 4.69) is 10.6 Å². The van der Waals surface area contributed by atoms with Crippen LogP contribution in [0.25, 0.3) is 0 Å². The van der Waals surface area contributed by atoms with Crippen LogP contribution in [0.4, 0.5) is 11.4 Å². The Kier molecular flexibility index (Phi) is 4.57. The zero-order valence-corrected chi connectivity index (χ0v) is 11.8. The summed E-state index contributed by atoms with van der Waals surface area (Å²) in [4.78, 5) is 34.2. The number of benzene rings is 1. The van der Waals surface area contributed by atoms with Crippen LogP contribution in [-0.4, -0.2) is 22.9 Å². The summed E-state index contributed by atoms with van der Waals surface area (Å²) in [5, 5.41) is 14.5. The lowest BCUT2D eigenvalue weighted by Gasteiger charge is -2.15. The number of hydrogen-bond acceptors (Lipinski definition) is 3. The number of rotatable bonds is 4. The third kappa shape index (κ3) is 3.81. The summed E-state index contributed by atoms with van der Waals surface area (Å²) in [6.07, 6.45) is 1.91. The van der Waals surface area contributed by atoms with Gasteiger partial charge in [-0.25, -0.2) is 0 Å². The van der Waals surface area contributed by atoms with Gasteiger partial charge in [-0.2, -0.15) is 0 Å². The van der Waals surface area contributed by atoms with Crippen molar-refractivity contribution in [2.24, 2.45) is 11.8 Å². The van der Waals surface area contributed by atoms with E-state index < -0.39 is 17.8 Å². The first-order valence-electron chi connectivity index (χ1n) is 6.88. The first-order valence-corrected chi connectivity index (χ1v) is 6.88. The fourth-order valence-corrected chi connectivity index (χ4v) is 2.64. The zero-order valence-electron chi connectivity index (χ0n) is 11.8. The molecule has 2 amide bonds. The summed E-state index contributed by atoms with van der Waals surface area (Å²) < 4.78 is 0. The molecule has 112 valence electrons. The van der Waals surface area contributed by atoms with Crippen LogP contribution in [0.5, 0.6) is 0 Å². The number of carbonyl (C=O) groups is 3. The highest BCUT2D eigenvalue weighted by molar-refractivity contribution is 5.96. The summed E-state index contributed by atoms with van der Waals surface area (Å²) in [6, 6.07) is 6.71. The number of hydrogen-bond donors (Lipinski definition) is 3. The van der Waals surface area contributed by atoms with Crippen LogP contribution in [0.1, 0.15) is 26.2 Å². The average Bonchev–Trinajstić information content (AvgIpc) is 2.90. The summed E-state index contributed by atoms with van der Waals surface area (Å²) in [5.74, 6) is -2.40.